The van der Waals surface area contributed by atoms with Crippen LogP contribution in [0.2, 0.25) is 0 Å². The first-order valence-electron chi connectivity index (χ1n) is 5.56. The Balaban J connectivity index is 1.88. The summed E-state index contributed by atoms with van der Waals surface area (Å²) in [7, 11) is 0. The Hall–Kier alpha value is -1.05. The molecule has 1 unspecified atom stereocenters. The predicted molar refractivity (Wildman–Crippen MR) is 73.6 cm³/mol. The highest BCUT2D eigenvalue weighted by atomic mass is 32.2. The molecule has 0 fully saturated rings. The van der Waals surface area contributed by atoms with E-state index in [0.29, 0.717) is 28.2 Å². The average Bonchev–Trinajstić information content (AvgIpc) is 2.85. The number of nitrogens with zero attached hydrogens (tertiary/aromatic N) is 2. The Morgan fingerprint density at radius 2 is 2.05 bits per heavy atom. The second-order valence-electron chi connectivity index (χ2n) is 3.77. The predicted octanol–water partition coefficient (Wildman–Crippen LogP) is 2.90. The molecule has 0 aliphatic carbocycles. The lowest BCUT2D eigenvalue weighted by molar-refractivity contribution is 0.203. The number of aliphatic hydroxyl groups is 1. The highest BCUT2D eigenvalue weighted by Gasteiger charge is 2.12. The fraction of sp³-hybridized carbons (Fsp3) is 0.333. The number of thioether (sulfide) groups is 2. The van der Waals surface area contributed by atoms with Crippen molar-refractivity contribution < 1.29 is 13.9 Å². The van der Waals surface area contributed by atoms with Gasteiger partial charge in [0.2, 0.25) is 5.89 Å². The van der Waals surface area contributed by atoms with Crippen LogP contribution < -0.4 is 0 Å². The third-order valence-electron chi connectivity index (χ3n) is 2.34. The van der Waals surface area contributed by atoms with E-state index < -0.39 is 6.10 Å². The van der Waals surface area contributed by atoms with E-state index in [4.69, 9.17) is 4.42 Å². The van der Waals surface area contributed by atoms with E-state index in [-0.39, 0.29) is 5.82 Å². The minimum absolute atomic E-state index is 0.317. The second kappa shape index (κ2) is 6.93. The Morgan fingerprint density at radius 3 is 2.74 bits per heavy atom. The molecule has 1 N–H and O–H groups in total. The van der Waals surface area contributed by atoms with Crippen molar-refractivity contribution in [3.8, 4) is 0 Å². The minimum atomic E-state index is -0.693. The number of aromatic nitrogens is 2. The van der Waals surface area contributed by atoms with Crippen LogP contribution in [-0.2, 0) is 5.75 Å². The van der Waals surface area contributed by atoms with E-state index >= 15 is 0 Å². The molecule has 0 aliphatic rings. The maximum absolute atomic E-state index is 12.8. The zero-order chi connectivity index (χ0) is 13.7. The van der Waals surface area contributed by atoms with Crippen LogP contribution >= 0.6 is 23.5 Å². The van der Waals surface area contributed by atoms with Gasteiger partial charge >= 0.3 is 0 Å². The van der Waals surface area contributed by atoms with Crippen LogP contribution in [0.4, 0.5) is 4.39 Å². The van der Waals surface area contributed by atoms with Gasteiger partial charge in [0.25, 0.3) is 5.22 Å². The summed E-state index contributed by atoms with van der Waals surface area (Å²) >= 11 is 2.88. The van der Waals surface area contributed by atoms with Gasteiger partial charge < -0.3 is 9.52 Å². The third-order valence-corrected chi connectivity index (χ3v) is 3.77. The molecule has 4 nitrogen and oxygen atoms in total. The molecular weight excluding hydrogens is 287 g/mol. The molecule has 1 aromatic carbocycles. The van der Waals surface area contributed by atoms with E-state index in [1.54, 1.807) is 23.9 Å². The zero-order valence-electron chi connectivity index (χ0n) is 10.2. The first-order chi connectivity index (χ1) is 9.19. The van der Waals surface area contributed by atoms with Gasteiger partial charge in [0.1, 0.15) is 5.82 Å². The normalized spacial score (nSPS) is 12.6. The van der Waals surface area contributed by atoms with Gasteiger partial charge in [-0.15, -0.1) is 10.2 Å². The summed E-state index contributed by atoms with van der Waals surface area (Å²) in [6, 6.07) is 5.78. The van der Waals surface area contributed by atoms with Crippen LogP contribution in [0.5, 0.6) is 0 Å². The first kappa shape index (κ1) is 14.4. The van der Waals surface area contributed by atoms with Crippen LogP contribution in [0.15, 0.2) is 33.9 Å². The van der Waals surface area contributed by atoms with Crippen LogP contribution in [0.3, 0.4) is 0 Å². The van der Waals surface area contributed by atoms with Crippen molar-refractivity contribution in [3.05, 3.63) is 41.5 Å². The van der Waals surface area contributed by atoms with E-state index in [1.165, 1.54) is 23.9 Å². The topological polar surface area (TPSA) is 59.2 Å². The largest absolute Gasteiger partial charge is 0.415 e. The number of hydrogen-bond acceptors (Lipinski definition) is 6. The molecule has 0 saturated heterocycles. The van der Waals surface area contributed by atoms with Crippen LogP contribution in [0.25, 0.3) is 0 Å². The van der Waals surface area contributed by atoms with Crippen molar-refractivity contribution in [3.63, 3.8) is 0 Å². The highest BCUT2D eigenvalue weighted by molar-refractivity contribution is 7.99. The van der Waals surface area contributed by atoms with Gasteiger partial charge in [0, 0.05) is 5.75 Å². The van der Waals surface area contributed by atoms with Gasteiger partial charge in [-0.05, 0) is 24.0 Å². The van der Waals surface area contributed by atoms with Gasteiger partial charge in [0.15, 0.2) is 0 Å². The summed E-state index contributed by atoms with van der Waals surface area (Å²) in [6.45, 7) is 0. The SMILES string of the molecule is CSCc1nnc(SCC(O)c2ccc(F)cc2)o1. The molecule has 0 amide bonds. The van der Waals surface area contributed by atoms with E-state index in [9.17, 15) is 9.50 Å². The molecule has 0 saturated carbocycles. The molecule has 0 spiro atoms. The molecule has 0 aliphatic heterocycles. The Bertz CT molecular complexity index is 519. The lowest BCUT2D eigenvalue weighted by atomic mass is 10.1. The molecular formula is C12H13FN2O2S2. The van der Waals surface area contributed by atoms with Crippen molar-refractivity contribution in [2.45, 2.75) is 17.1 Å². The monoisotopic (exact) mass is 300 g/mol. The number of rotatable bonds is 6. The summed E-state index contributed by atoms with van der Waals surface area (Å²) in [6.07, 6.45) is 1.26. The molecule has 1 atom stereocenters. The fourth-order valence-corrected chi connectivity index (χ4v) is 2.52. The summed E-state index contributed by atoms with van der Waals surface area (Å²) in [4.78, 5) is 0. The van der Waals surface area contributed by atoms with Gasteiger partial charge in [-0.1, -0.05) is 23.9 Å². The van der Waals surface area contributed by atoms with Gasteiger partial charge in [-0.2, -0.15) is 11.8 Å². The summed E-state index contributed by atoms with van der Waals surface area (Å²) in [5, 5.41) is 18.1. The van der Waals surface area contributed by atoms with E-state index in [2.05, 4.69) is 10.2 Å². The lowest BCUT2D eigenvalue weighted by Gasteiger charge is -2.08. The molecule has 102 valence electrons. The van der Waals surface area contributed by atoms with Gasteiger partial charge in [0.05, 0.1) is 11.9 Å². The molecule has 1 aromatic heterocycles. The Morgan fingerprint density at radius 1 is 1.32 bits per heavy atom. The lowest BCUT2D eigenvalue weighted by Crippen LogP contribution is -2.00. The fourth-order valence-electron chi connectivity index (χ4n) is 1.41. The van der Waals surface area contributed by atoms with Crippen LogP contribution in [0.1, 0.15) is 17.6 Å². The standard InChI is InChI=1S/C12H13FN2O2S2/c1-18-7-11-14-15-12(17-11)19-6-10(16)8-2-4-9(13)5-3-8/h2-5,10,16H,6-7H2,1H3. The van der Waals surface area contributed by atoms with Crippen molar-refractivity contribution in [2.75, 3.05) is 12.0 Å². The smallest absolute Gasteiger partial charge is 0.276 e. The molecule has 19 heavy (non-hydrogen) atoms. The maximum atomic E-state index is 12.8. The van der Waals surface area contributed by atoms with Crippen molar-refractivity contribution in [1.82, 2.24) is 10.2 Å². The molecule has 0 bridgehead atoms. The number of halogens is 1. The zero-order valence-corrected chi connectivity index (χ0v) is 11.9. The van der Waals surface area contributed by atoms with Gasteiger partial charge in [-0.25, -0.2) is 4.39 Å². The third kappa shape index (κ3) is 4.22. The summed E-state index contributed by atoms with van der Waals surface area (Å²) in [5.74, 6) is 1.31. The summed E-state index contributed by atoms with van der Waals surface area (Å²) in [5.41, 5.74) is 0.665. The molecule has 0 radical (unpaired) electrons. The van der Waals surface area contributed by atoms with Crippen molar-refractivity contribution >= 4 is 23.5 Å². The minimum Gasteiger partial charge on any atom is -0.415 e. The maximum Gasteiger partial charge on any atom is 0.276 e. The van der Waals surface area contributed by atoms with Gasteiger partial charge in [-0.3, -0.25) is 0 Å². The highest BCUT2D eigenvalue weighted by Crippen LogP contribution is 2.24. The molecule has 2 aromatic rings. The number of aliphatic hydroxyl groups excluding tert-OH is 1. The quantitative estimate of drug-likeness (QED) is 0.828. The molecule has 2 rings (SSSR count). The molecule has 7 heteroatoms. The molecule has 1 heterocycles. The Labute approximate surface area is 118 Å². The van der Waals surface area contributed by atoms with E-state index in [1.807, 2.05) is 6.26 Å². The van der Waals surface area contributed by atoms with Crippen molar-refractivity contribution in [1.29, 1.82) is 0 Å². The van der Waals surface area contributed by atoms with E-state index in [0.717, 1.165) is 0 Å². The summed E-state index contributed by atoms with van der Waals surface area (Å²) < 4.78 is 18.1. The average molecular weight is 300 g/mol. The second-order valence-corrected chi connectivity index (χ2v) is 5.61. The van der Waals surface area contributed by atoms with Crippen LogP contribution in [0, 0.1) is 5.82 Å². The number of benzene rings is 1. The van der Waals surface area contributed by atoms with Crippen molar-refractivity contribution in [2.24, 2.45) is 0 Å². The first-order valence-corrected chi connectivity index (χ1v) is 7.94. The number of hydrogen-bond donors (Lipinski definition) is 1. The van der Waals surface area contributed by atoms with Crippen LogP contribution in [-0.4, -0.2) is 27.3 Å². The Kier molecular flexibility index (Phi) is 5.24.